The molecule has 0 saturated carbocycles. The zero-order chi connectivity index (χ0) is 15.1. The molecule has 124 valence electrons. The van der Waals surface area contributed by atoms with Gasteiger partial charge in [0.2, 0.25) is 5.91 Å². The fourth-order valence-electron chi connectivity index (χ4n) is 3.13. The third kappa shape index (κ3) is 5.29. The number of rotatable bonds is 6. The molecule has 0 aliphatic carbocycles. The fourth-order valence-corrected chi connectivity index (χ4v) is 3.13. The number of benzene rings is 1. The second kappa shape index (κ2) is 9.86. The predicted molar refractivity (Wildman–Crippen MR) is 94.5 cm³/mol. The highest BCUT2D eigenvalue weighted by Crippen LogP contribution is 2.20. The van der Waals surface area contributed by atoms with Gasteiger partial charge in [0.1, 0.15) is 0 Å². The van der Waals surface area contributed by atoms with Crippen LogP contribution in [0.3, 0.4) is 0 Å². The highest BCUT2D eigenvalue weighted by atomic mass is 35.5. The molecule has 0 bridgehead atoms. The van der Waals surface area contributed by atoms with E-state index in [1.165, 1.54) is 5.56 Å². The number of carbonyl (C=O) groups is 1. The van der Waals surface area contributed by atoms with Gasteiger partial charge in [-0.05, 0) is 51.8 Å². The molecule has 0 radical (unpaired) electrons. The van der Waals surface area contributed by atoms with E-state index in [-0.39, 0.29) is 18.3 Å². The zero-order valence-electron chi connectivity index (χ0n) is 13.8. The van der Waals surface area contributed by atoms with E-state index in [4.69, 9.17) is 0 Å². The van der Waals surface area contributed by atoms with E-state index < -0.39 is 0 Å². The van der Waals surface area contributed by atoms with Gasteiger partial charge >= 0.3 is 0 Å². The van der Waals surface area contributed by atoms with E-state index in [9.17, 15) is 4.79 Å². The van der Waals surface area contributed by atoms with E-state index in [1.54, 1.807) is 0 Å². The maximum atomic E-state index is 12.4. The van der Waals surface area contributed by atoms with Crippen LogP contribution in [0.25, 0.3) is 0 Å². The molecule has 1 aromatic rings. The van der Waals surface area contributed by atoms with Crippen LogP contribution >= 0.6 is 12.4 Å². The van der Waals surface area contributed by atoms with Crippen molar-refractivity contribution in [2.45, 2.75) is 33.1 Å². The van der Waals surface area contributed by atoms with Crippen molar-refractivity contribution in [2.24, 2.45) is 5.92 Å². The predicted octanol–water partition coefficient (Wildman–Crippen LogP) is 3.23. The minimum absolute atomic E-state index is 0. The van der Waals surface area contributed by atoms with Crippen LogP contribution in [0.1, 0.15) is 32.3 Å². The van der Waals surface area contributed by atoms with Gasteiger partial charge in [-0.1, -0.05) is 30.3 Å². The number of likely N-dealkylation sites (tertiary alicyclic amines) is 1. The maximum absolute atomic E-state index is 12.4. The largest absolute Gasteiger partial charge is 0.343 e. The number of halogens is 1. The summed E-state index contributed by atoms with van der Waals surface area (Å²) in [5.74, 6) is 0.612. The van der Waals surface area contributed by atoms with Crippen LogP contribution in [0, 0.1) is 5.92 Å². The monoisotopic (exact) mass is 324 g/mol. The quantitative estimate of drug-likeness (QED) is 0.802. The van der Waals surface area contributed by atoms with Gasteiger partial charge in [-0.2, -0.15) is 0 Å². The molecule has 0 spiro atoms. The van der Waals surface area contributed by atoms with Crippen LogP contribution in [0.15, 0.2) is 30.3 Å². The van der Waals surface area contributed by atoms with Gasteiger partial charge in [-0.3, -0.25) is 4.79 Å². The average Bonchev–Trinajstić information content (AvgIpc) is 2.55. The molecule has 22 heavy (non-hydrogen) atoms. The first kappa shape index (κ1) is 19.0. The first-order valence-electron chi connectivity index (χ1n) is 8.29. The molecule has 1 heterocycles. The highest BCUT2D eigenvalue weighted by Gasteiger charge is 2.27. The summed E-state index contributed by atoms with van der Waals surface area (Å²) in [7, 11) is 0. The molecule has 1 amide bonds. The average molecular weight is 325 g/mol. The normalized spacial score (nSPS) is 16.1. The molecule has 1 aromatic carbocycles. The first-order valence-corrected chi connectivity index (χ1v) is 8.29. The van der Waals surface area contributed by atoms with Crippen molar-refractivity contribution in [1.82, 2.24) is 9.80 Å². The number of carbonyl (C=O) groups excluding carboxylic acids is 1. The lowest BCUT2D eigenvalue weighted by Crippen LogP contribution is -2.42. The van der Waals surface area contributed by atoms with E-state index >= 15 is 0 Å². The molecule has 0 N–H and O–H groups in total. The van der Waals surface area contributed by atoms with Crippen LogP contribution in [0.4, 0.5) is 0 Å². The van der Waals surface area contributed by atoms with Gasteiger partial charge in [0.15, 0.2) is 0 Å². The summed E-state index contributed by atoms with van der Waals surface area (Å²) in [6, 6.07) is 10.6. The van der Waals surface area contributed by atoms with E-state index in [0.717, 1.165) is 52.0 Å². The number of nitrogens with zero attached hydrogens (tertiary/aromatic N) is 2. The maximum Gasteiger partial charge on any atom is 0.225 e. The minimum Gasteiger partial charge on any atom is -0.343 e. The molecule has 0 atom stereocenters. The molecule has 1 fully saturated rings. The first-order chi connectivity index (χ1) is 10.2. The Balaban J connectivity index is 0.00000242. The standard InChI is InChI=1S/C18H28N2O.ClH/c1-3-20(4-2)18(21)17-11-14-19(15-12-17)13-10-16-8-6-5-7-9-16;/h5-9,17H,3-4,10-15H2,1-2H3;1H. The molecular weight excluding hydrogens is 296 g/mol. The highest BCUT2D eigenvalue weighted by molar-refractivity contribution is 5.85. The van der Waals surface area contributed by atoms with E-state index in [2.05, 4.69) is 49.1 Å². The zero-order valence-corrected chi connectivity index (χ0v) is 14.6. The molecule has 4 heteroatoms. The summed E-state index contributed by atoms with van der Waals surface area (Å²) in [6.45, 7) is 9.03. The van der Waals surface area contributed by atoms with Crippen LogP contribution < -0.4 is 0 Å². The van der Waals surface area contributed by atoms with Gasteiger partial charge in [0.25, 0.3) is 0 Å². The summed E-state index contributed by atoms with van der Waals surface area (Å²) in [5.41, 5.74) is 1.40. The summed E-state index contributed by atoms with van der Waals surface area (Å²) >= 11 is 0. The van der Waals surface area contributed by atoms with Gasteiger partial charge in [0.05, 0.1) is 0 Å². The molecule has 3 nitrogen and oxygen atoms in total. The van der Waals surface area contributed by atoms with Crippen LogP contribution in [-0.4, -0.2) is 48.4 Å². The minimum atomic E-state index is 0. The molecular formula is C18H29ClN2O. The van der Waals surface area contributed by atoms with Gasteiger partial charge in [-0.15, -0.1) is 12.4 Å². The smallest absolute Gasteiger partial charge is 0.225 e. The van der Waals surface area contributed by atoms with E-state index in [1.807, 2.05) is 4.90 Å². The van der Waals surface area contributed by atoms with Crippen molar-refractivity contribution < 1.29 is 4.79 Å². The second-order valence-corrected chi connectivity index (χ2v) is 5.86. The van der Waals surface area contributed by atoms with Gasteiger partial charge in [0, 0.05) is 25.6 Å². The van der Waals surface area contributed by atoms with Gasteiger partial charge in [-0.25, -0.2) is 0 Å². The lowest BCUT2D eigenvalue weighted by Gasteiger charge is -2.33. The molecule has 0 aromatic heterocycles. The Kier molecular flexibility index (Phi) is 8.51. The summed E-state index contributed by atoms with van der Waals surface area (Å²) < 4.78 is 0. The topological polar surface area (TPSA) is 23.6 Å². The van der Waals surface area contributed by atoms with Crippen LogP contribution in [-0.2, 0) is 11.2 Å². The van der Waals surface area contributed by atoms with Gasteiger partial charge < -0.3 is 9.80 Å². The Hall–Kier alpha value is -1.06. The van der Waals surface area contributed by atoms with E-state index in [0.29, 0.717) is 5.91 Å². The summed E-state index contributed by atoms with van der Waals surface area (Å²) in [4.78, 5) is 16.8. The number of amides is 1. The molecule has 0 unspecified atom stereocenters. The second-order valence-electron chi connectivity index (χ2n) is 5.86. The Labute approximate surface area is 141 Å². The molecule has 1 aliphatic rings. The molecule has 2 rings (SSSR count). The third-order valence-corrected chi connectivity index (χ3v) is 4.57. The SMILES string of the molecule is CCN(CC)C(=O)C1CCN(CCc2ccccc2)CC1.Cl. The summed E-state index contributed by atoms with van der Waals surface area (Å²) in [6.07, 6.45) is 3.14. The van der Waals surface area contributed by atoms with Crippen molar-refractivity contribution in [3.05, 3.63) is 35.9 Å². The number of hydrogen-bond donors (Lipinski definition) is 0. The van der Waals surface area contributed by atoms with Crippen LogP contribution in [0.5, 0.6) is 0 Å². The lowest BCUT2D eigenvalue weighted by molar-refractivity contribution is -0.136. The third-order valence-electron chi connectivity index (χ3n) is 4.57. The van der Waals surface area contributed by atoms with Crippen molar-refractivity contribution in [2.75, 3.05) is 32.7 Å². The Morgan fingerprint density at radius 3 is 2.27 bits per heavy atom. The van der Waals surface area contributed by atoms with Crippen molar-refractivity contribution in [3.63, 3.8) is 0 Å². The number of piperidine rings is 1. The van der Waals surface area contributed by atoms with Crippen molar-refractivity contribution in [3.8, 4) is 0 Å². The van der Waals surface area contributed by atoms with Crippen molar-refractivity contribution >= 4 is 18.3 Å². The molecule has 1 aliphatic heterocycles. The Morgan fingerprint density at radius 1 is 1.14 bits per heavy atom. The van der Waals surface area contributed by atoms with Crippen molar-refractivity contribution in [1.29, 1.82) is 0 Å². The Morgan fingerprint density at radius 2 is 1.73 bits per heavy atom. The fraction of sp³-hybridized carbons (Fsp3) is 0.611. The Bertz CT molecular complexity index is 426. The molecule has 1 saturated heterocycles. The number of hydrogen-bond acceptors (Lipinski definition) is 2. The van der Waals surface area contributed by atoms with Crippen LogP contribution in [0.2, 0.25) is 0 Å². The lowest BCUT2D eigenvalue weighted by atomic mass is 9.95. The summed E-state index contributed by atoms with van der Waals surface area (Å²) in [5, 5.41) is 0.